The summed E-state index contributed by atoms with van der Waals surface area (Å²) >= 11 is 5.84. The van der Waals surface area contributed by atoms with Gasteiger partial charge in [0.25, 0.3) is 0 Å². The van der Waals surface area contributed by atoms with Gasteiger partial charge >= 0.3 is 12.0 Å². The first-order chi connectivity index (χ1) is 9.21. The summed E-state index contributed by atoms with van der Waals surface area (Å²) in [6, 6.07) is 0.491. The molecule has 1 aliphatic carbocycles. The number of aromatic nitrogens is 3. The van der Waals surface area contributed by atoms with Gasteiger partial charge in [-0.3, -0.25) is 0 Å². The Kier molecular flexibility index (Phi) is 5.19. The lowest BCUT2D eigenvalue weighted by Crippen LogP contribution is -2.26. The average molecular weight is 286 g/mol. The molecule has 2 unspecified atom stereocenters. The van der Waals surface area contributed by atoms with E-state index in [0.717, 1.165) is 18.8 Å². The highest BCUT2D eigenvalue weighted by Crippen LogP contribution is 2.29. The summed E-state index contributed by atoms with van der Waals surface area (Å²) in [7, 11) is 0. The van der Waals surface area contributed by atoms with Crippen LogP contribution in [0.25, 0.3) is 0 Å². The molecule has 0 spiro atoms. The lowest BCUT2D eigenvalue weighted by molar-refractivity contribution is 0.110. The van der Waals surface area contributed by atoms with Gasteiger partial charge in [-0.05, 0) is 43.7 Å². The van der Waals surface area contributed by atoms with E-state index in [1.54, 1.807) is 0 Å². The van der Waals surface area contributed by atoms with Gasteiger partial charge in [-0.2, -0.15) is 9.97 Å². The zero-order valence-electron chi connectivity index (χ0n) is 11.4. The van der Waals surface area contributed by atoms with Crippen LogP contribution >= 0.6 is 11.6 Å². The second-order valence-electron chi connectivity index (χ2n) is 4.78. The number of ether oxygens (including phenoxy) is 2. The summed E-state index contributed by atoms with van der Waals surface area (Å²) in [4.78, 5) is 12.0. The summed E-state index contributed by atoms with van der Waals surface area (Å²) in [6.07, 6.45) is 5.96. The van der Waals surface area contributed by atoms with Crippen molar-refractivity contribution in [3.63, 3.8) is 0 Å². The Morgan fingerprint density at radius 3 is 2.68 bits per heavy atom. The van der Waals surface area contributed by atoms with Crippen LogP contribution < -0.4 is 9.47 Å². The highest BCUT2D eigenvalue weighted by Gasteiger charge is 2.23. The van der Waals surface area contributed by atoms with Crippen LogP contribution in [0.4, 0.5) is 0 Å². The Morgan fingerprint density at radius 2 is 1.95 bits per heavy atom. The fourth-order valence-electron chi connectivity index (χ4n) is 2.43. The van der Waals surface area contributed by atoms with Crippen LogP contribution in [0, 0.1) is 5.92 Å². The molecule has 0 radical (unpaired) electrons. The molecule has 1 saturated carbocycles. The van der Waals surface area contributed by atoms with E-state index in [4.69, 9.17) is 21.1 Å². The number of nitrogens with zero attached hydrogens (tertiary/aromatic N) is 3. The molecule has 2 atom stereocenters. The van der Waals surface area contributed by atoms with E-state index in [2.05, 4.69) is 21.9 Å². The molecule has 5 nitrogen and oxygen atoms in total. The minimum absolute atomic E-state index is 0.108. The van der Waals surface area contributed by atoms with Crippen molar-refractivity contribution < 1.29 is 9.47 Å². The van der Waals surface area contributed by atoms with E-state index in [-0.39, 0.29) is 23.4 Å². The van der Waals surface area contributed by atoms with Gasteiger partial charge in [0.1, 0.15) is 6.10 Å². The summed E-state index contributed by atoms with van der Waals surface area (Å²) in [5, 5.41) is 0.108. The molecule has 1 heterocycles. The highest BCUT2D eigenvalue weighted by atomic mass is 35.5. The number of halogens is 1. The van der Waals surface area contributed by atoms with E-state index >= 15 is 0 Å². The molecule has 0 amide bonds. The minimum atomic E-state index is 0.108. The average Bonchev–Trinajstić information content (AvgIpc) is 2.38. The third-order valence-corrected chi connectivity index (χ3v) is 3.59. The summed E-state index contributed by atoms with van der Waals surface area (Å²) in [6.45, 7) is 4.58. The fourth-order valence-corrected chi connectivity index (χ4v) is 2.57. The Hall–Kier alpha value is -1.10. The van der Waals surface area contributed by atoms with Crippen molar-refractivity contribution in [2.45, 2.75) is 52.1 Å². The predicted octanol–water partition coefficient (Wildman–Crippen LogP) is 3.27. The second-order valence-corrected chi connectivity index (χ2v) is 5.12. The molecule has 2 rings (SSSR count). The Morgan fingerprint density at radius 1 is 1.16 bits per heavy atom. The van der Waals surface area contributed by atoms with E-state index < -0.39 is 0 Å². The smallest absolute Gasteiger partial charge is 0.324 e. The van der Waals surface area contributed by atoms with Crippen LogP contribution in [0.2, 0.25) is 5.28 Å². The molecule has 0 N–H and O–H groups in total. The predicted molar refractivity (Wildman–Crippen MR) is 72.7 cm³/mol. The molecule has 1 fully saturated rings. The molecule has 1 aromatic rings. The Balaban J connectivity index is 2.01. The maximum absolute atomic E-state index is 5.84. The van der Waals surface area contributed by atoms with Gasteiger partial charge in [0.2, 0.25) is 5.28 Å². The molecule has 0 bridgehead atoms. The minimum Gasteiger partial charge on any atom is -0.464 e. The zero-order chi connectivity index (χ0) is 13.7. The molecule has 19 heavy (non-hydrogen) atoms. The lowest BCUT2D eigenvalue weighted by atomic mass is 9.86. The maximum Gasteiger partial charge on any atom is 0.324 e. The summed E-state index contributed by atoms with van der Waals surface area (Å²) < 4.78 is 11.1. The molecule has 1 aromatic heterocycles. The Labute approximate surface area is 118 Å². The van der Waals surface area contributed by atoms with E-state index in [9.17, 15) is 0 Å². The van der Waals surface area contributed by atoms with Crippen molar-refractivity contribution in [2.75, 3.05) is 6.61 Å². The summed E-state index contributed by atoms with van der Waals surface area (Å²) in [5.74, 6) is 0.738. The lowest BCUT2D eigenvalue weighted by Gasteiger charge is -2.28. The molecule has 6 heteroatoms. The first-order valence-corrected chi connectivity index (χ1v) is 7.30. The van der Waals surface area contributed by atoms with Gasteiger partial charge in [-0.25, -0.2) is 0 Å². The van der Waals surface area contributed by atoms with Crippen LogP contribution in [-0.4, -0.2) is 27.7 Å². The molecular formula is C13H20ClN3O2. The van der Waals surface area contributed by atoms with Gasteiger partial charge in [-0.1, -0.05) is 19.8 Å². The molecule has 0 saturated heterocycles. The zero-order valence-corrected chi connectivity index (χ0v) is 12.2. The normalized spacial score (nSPS) is 23.1. The van der Waals surface area contributed by atoms with Crippen molar-refractivity contribution in [1.29, 1.82) is 0 Å². The van der Waals surface area contributed by atoms with E-state index in [0.29, 0.717) is 6.61 Å². The van der Waals surface area contributed by atoms with Crippen molar-refractivity contribution in [3.05, 3.63) is 5.28 Å². The Bertz CT molecular complexity index is 417. The van der Waals surface area contributed by atoms with Crippen LogP contribution in [0.15, 0.2) is 0 Å². The highest BCUT2D eigenvalue weighted by molar-refractivity contribution is 6.28. The van der Waals surface area contributed by atoms with Crippen LogP contribution in [0.1, 0.15) is 46.0 Å². The third-order valence-electron chi connectivity index (χ3n) is 3.42. The molecular weight excluding hydrogens is 266 g/mol. The van der Waals surface area contributed by atoms with Crippen molar-refractivity contribution in [1.82, 2.24) is 15.0 Å². The maximum atomic E-state index is 5.84. The fraction of sp³-hybridized carbons (Fsp3) is 0.769. The molecule has 0 aromatic carbocycles. The standard InChI is InChI=1S/C13H20ClN3O2/c1-3-9-6-5-7-10(8-9)19-13-16-11(14)15-12(17-13)18-4-2/h9-10H,3-8H2,1-2H3. The number of hydrogen-bond donors (Lipinski definition) is 0. The summed E-state index contributed by atoms with van der Waals surface area (Å²) in [5.41, 5.74) is 0. The van der Waals surface area contributed by atoms with Crippen LogP contribution in [-0.2, 0) is 0 Å². The molecule has 106 valence electrons. The van der Waals surface area contributed by atoms with E-state index in [1.807, 2.05) is 6.92 Å². The van der Waals surface area contributed by atoms with Gasteiger partial charge in [-0.15, -0.1) is 4.98 Å². The van der Waals surface area contributed by atoms with Crippen molar-refractivity contribution in [2.24, 2.45) is 5.92 Å². The monoisotopic (exact) mass is 285 g/mol. The van der Waals surface area contributed by atoms with Gasteiger partial charge in [0.15, 0.2) is 0 Å². The van der Waals surface area contributed by atoms with Crippen LogP contribution in [0.5, 0.6) is 12.0 Å². The largest absolute Gasteiger partial charge is 0.464 e. The SMILES string of the molecule is CCOc1nc(Cl)nc(OC2CCCC(CC)C2)n1. The topological polar surface area (TPSA) is 57.1 Å². The van der Waals surface area contributed by atoms with Crippen molar-refractivity contribution >= 4 is 11.6 Å². The van der Waals surface area contributed by atoms with Crippen molar-refractivity contribution in [3.8, 4) is 12.0 Å². The first-order valence-electron chi connectivity index (χ1n) is 6.92. The van der Waals surface area contributed by atoms with Crippen LogP contribution in [0.3, 0.4) is 0 Å². The molecule has 1 aliphatic rings. The third kappa shape index (κ3) is 4.20. The van der Waals surface area contributed by atoms with Gasteiger partial charge < -0.3 is 9.47 Å². The number of hydrogen-bond acceptors (Lipinski definition) is 5. The van der Waals surface area contributed by atoms with Gasteiger partial charge in [0.05, 0.1) is 6.61 Å². The first kappa shape index (κ1) is 14.3. The molecule has 0 aliphatic heterocycles. The quantitative estimate of drug-likeness (QED) is 0.831. The van der Waals surface area contributed by atoms with E-state index in [1.165, 1.54) is 19.3 Å². The number of rotatable bonds is 5. The van der Waals surface area contributed by atoms with Gasteiger partial charge in [0, 0.05) is 0 Å². The second kappa shape index (κ2) is 6.89.